The highest BCUT2D eigenvalue weighted by Gasteiger charge is 2.31. The molecule has 0 saturated heterocycles. The zero-order valence-electron chi connectivity index (χ0n) is 16.4. The van der Waals surface area contributed by atoms with Gasteiger partial charge in [0.15, 0.2) is 0 Å². The molecule has 0 saturated carbocycles. The molecule has 1 aliphatic heterocycles. The van der Waals surface area contributed by atoms with E-state index in [0.717, 1.165) is 22.5 Å². The van der Waals surface area contributed by atoms with Crippen molar-refractivity contribution in [2.45, 2.75) is 39.2 Å². The minimum absolute atomic E-state index is 0.180. The largest absolute Gasteiger partial charge is 0.382 e. The third-order valence-corrected chi connectivity index (χ3v) is 5.16. The molecule has 4 rings (SSSR count). The predicted molar refractivity (Wildman–Crippen MR) is 111 cm³/mol. The molecule has 0 bridgehead atoms. The molecule has 0 spiro atoms. The van der Waals surface area contributed by atoms with Crippen molar-refractivity contribution < 1.29 is 4.79 Å². The van der Waals surface area contributed by atoms with Crippen molar-refractivity contribution in [2.75, 3.05) is 11.5 Å². The van der Waals surface area contributed by atoms with Crippen LogP contribution in [0.5, 0.6) is 0 Å². The van der Waals surface area contributed by atoms with Crippen LogP contribution in [0.15, 0.2) is 30.5 Å². The summed E-state index contributed by atoms with van der Waals surface area (Å²) in [6.07, 6.45) is 3.50. The summed E-state index contributed by atoms with van der Waals surface area (Å²) in [4.78, 5) is 30.4. The summed E-state index contributed by atoms with van der Waals surface area (Å²) in [5.41, 5.74) is 17.0. The molecule has 1 aromatic carbocycles. The minimum atomic E-state index is -0.255. The third-order valence-electron chi connectivity index (χ3n) is 5.16. The molecule has 1 aliphatic rings. The van der Waals surface area contributed by atoms with E-state index in [1.54, 1.807) is 6.20 Å². The van der Waals surface area contributed by atoms with Crippen molar-refractivity contribution in [1.82, 2.24) is 25.3 Å². The van der Waals surface area contributed by atoms with E-state index in [4.69, 9.17) is 11.5 Å². The first-order chi connectivity index (χ1) is 14.0. The van der Waals surface area contributed by atoms with Crippen LogP contribution in [0.4, 0.5) is 11.8 Å². The molecule has 3 aromatic rings. The Labute approximate surface area is 168 Å². The van der Waals surface area contributed by atoms with Crippen LogP contribution in [-0.4, -0.2) is 25.8 Å². The number of nitrogens with two attached hydrogens (primary N) is 2. The van der Waals surface area contributed by atoms with Gasteiger partial charge in [0.1, 0.15) is 5.82 Å². The van der Waals surface area contributed by atoms with Crippen molar-refractivity contribution in [1.29, 1.82) is 0 Å². The highest BCUT2D eigenvalue weighted by atomic mass is 16.1. The van der Waals surface area contributed by atoms with E-state index in [9.17, 15) is 4.79 Å². The van der Waals surface area contributed by atoms with E-state index in [2.05, 4.69) is 25.3 Å². The fraction of sp³-hybridized carbons (Fsp3) is 0.286. The lowest BCUT2D eigenvalue weighted by molar-refractivity contribution is 0.0922. The van der Waals surface area contributed by atoms with Gasteiger partial charge in [0.2, 0.25) is 5.95 Å². The van der Waals surface area contributed by atoms with Crippen molar-refractivity contribution in [3.63, 3.8) is 0 Å². The van der Waals surface area contributed by atoms with Gasteiger partial charge in [-0.25, -0.2) is 19.9 Å². The molecule has 0 radical (unpaired) electrons. The molecule has 0 fully saturated rings. The van der Waals surface area contributed by atoms with E-state index >= 15 is 0 Å². The second-order valence-corrected chi connectivity index (χ2v) is 6.96. The lowest BCUT2D eigenvalue weighted by Crippen LogP contribution is -2.37. The number of carbonyl (C=O) groups is 1. The fourth-order valence-corrected chi connectivity index (χ4v) is 3.77. The molecule has 0 aliphatic carbocycles. The van der Waals surface area contributed by atoms with Crippen LogP contribution in [-0.2, 0) is 19.3 Å². The van der Waals surface area contributed by atoms with Gasteiger partial charge in [-0.3, -0.25) is 4.79 Å². The Balaban J connectivity index is 1.78. The molecule has 2 aromatic heterocycles. The highest BCUT2D eigenvalue weighted by molar-refractivity contribution is 5.98. The first-order valence-corrected chi connectivity index (χ1v) is 9.68. The average Bonchev–Trinajstić information content (AvgIpc) is 2.73. The van der Waals surface area contributed by atoms with E-state index in [-0.39, 0.29) is 17.9 Å². The summed E-state index contributed by atoms with van der Waals surface area (Å²) in [6, 6.07) is 7.59. The standard InChI is InChI=1S/C21H23N7O/c1-3-13-18-16(28-21(23)27-13)9-15(26-20(18)29)11-7-5-6-8-12(11)17-10-24-19(22)14(4-2)25-17/h5-8,10,15H,3-4,9H2,1-2H3,(H2,22,24)(H,26,29)(H2,23,27,28)/t15-/m1/s1. The fourth-order valence-electron chi connectivity index (χ4n) is 3.77. The molecule has 1 amide bonds. The van der Waals surface area contributed by atoms with Crippen LogP contribution in [0.3, 0.4) is 0 Å². The lowest BCUT2D eigenvalue weighted by Gasteiger charge is -2.28. The number of nitrogens with zero attached hydrogens (tertiary/aromatic N) is 4. The SMILES string of the molecule is CCc1nc(-c2ccccc2[C@H]2Cc3nc(N)nc(CC)c3C(=O)N2)cnc1N. The van der Waals surface area contributed by atoms with Gasteiger partial charge in [0, 0.05) is 12.0 Å². The number of carbonyl (C=O) groups excluding carboxylic acids is 1. The topological polar surface area (TPSA) is 133 Å². The summed E-state index contributed by atoms with van der Waals surface area (Å²) in [7, 11) is 0. The number of benzene rings is 1. The van der Waals surface area contributed by atoms with Crippen LogP contribution in [0.2, 0.25) is 0 Å². The summed E-state index contributed by atoms with van der Waals surface area (Å²) in [5, 5.41) is 3.10. The molecule has 5 N–H and O–H groups in total. The summed E-state index contributed by atoms with van der Waals surface area (Å²) in [6.45, 7) is 3.94. The lowest BCUT2D eigenvalue weighted by atomic mass is 9.90. The van der Waals surface area contributed by atoms with Gasteiger partial charge < -0.3 is 16.8 Å². The predicted octanol–water partition coefficient (Wildman–Crippen LogP) is 2.25. The van der Waals surface area contributed by atoms with Gasteiger partial charge in [0.25, 0.3) is 5.91 Å². The number of anilines is 2. The number of nitrogen functional groups attached to an aromatic ring is 2. The molecule has 3 heterocycles. The number of amides is 1. The maximum atomic E-state index is 12.9. The Morgan fingerprint density at radius 2 is 1.83 bits per heavy atom. The van der Waals surface area contributed by atoms with Gasteiger partial charge in [-0.05, 0) is 18.4 Å². The van der Waals surface area contributed by atoms with Crippen LogP contribution in [0, 0.1) is 0 Å². The Kier molecular flexibility index (Phi) is 4.84. The highest BCUT2D eigenvalue weighted by Crippen LogP contribution is 2.33. The number of hydrogen-bond donors (Lipinski definition) is 3. The van der Waals surface area contributed by atoms with Gasteiger partial charge in [-0.1, -0.05) is 38.1 Å². The van der Waals surface area contributed by atoms with Crippen molar-refractivity contribution in [2.24, 2.45) is 0 Å². The second-order valence-electron chi connectivity index (χ2n) is 6.96. The number of fused-ring (bicyclic) bond motifs is 1. The molecule has 1 atom stereocenters. The van der Waals surface area contributed by atoms with E-state index < -0.39 is 0 Å². The Bertz CT molecular complexity index is 1100. The van der Waals surface area contributed by atoms with Gasteiger partial charge in [-0.15, -0.1) is 0 Å². The maximum Gasteiger partial charge on any atom is 0.255 e. The first kappa shape index (κ1) is 18.8. The second kappa shape index (κ2) is 7.46. The molecule has 148 valence electrons. The monoisotopic (exact) mass is 389 g/mol. The van der Waals surface area contributed by atoms with E-state index in [1.807, 2.05) is 38.1 Å². The first-order valence-electron chi connectivity index (χ1n) is 9.68. The number of nitrogens with one attached hydrogen (secondary N) is 1. The van der Waals surface area contributed by atoms with Crippen molar-refractivity contribution in [3.8, 4) is 11.3 Å². The van der Waals surface area contributed by atoms with Gasteiger partial charge >= 0.3 is 0 Å². The molecular formula is C21H23N7O. The van der Waals surface area contributed by atoms with Gasteiger partial charge in [0.05, 0.1) is 40.6 Å². The Morgan fingerprint density at radius 1 is 1.07 bits per heavy atom. The summed E-state index contributed by atoms with van der Waals surface area (Å²) >= 11 is 0. The average molecular weight is 389 g/mol. The van der Waals surface area contributed by atoms with Crippen LogP contribution < -0.4 is 16.8 Å². The molecule has 29 heavy (non-hydrogen) atoms. The third kappa shape index (κ3) is 3.37. The number of aryl methyl sites for hydroxylation is 2. The van der Waals surface area contributed by atoms with Crippen molar-refractivity contribution >= 4 is 17.7 Å². The minimum Gasteiger partial charge on any atom is -0.382 e. The molecule has 8 heteroatoms. The quantitative estimate of drug-likeness (QED) is 0.623. The zero-order valence-corrected chi connectivity index (χ0v) is 16.4. The molecular weight excluding hydrogens is 366 g/mol. The maximum absolute atomic E-state index is 12.9. The molecule has 0 unspecified atom stereocenters. The Morgan fingerprint density at radius 3 is 2.59 bits per heavy atom. The van der Waals surface area contributed by atoms with E-state index in [1.165, 1.54) is 0 Å². The Hall–Kier alpha value is -3.55. The van der Waals surface area contributed by atoms with Crippen LogP contribution in [0.25, 0.3) is 11.3 Å². The van der Waals surface area contributed by atoms with Crippen molar-refractivity contribution in [3.05, 3.63) is 58.7 Å². The number of rotatable bonds is 4. The zero-order chi connectivity index (χ0) is 20.5. The van der Waals surface area contributed by atoms with Gasteiger partial charge in [-0.2, -0.15) is 0 Å². The van der Waals surface area contributed by atoms with Crippen LogP contribution >= 0.6 is 0 Å². The molecule has 8 nitrogen and oxygen atoms in total. The normalized spacial score (nSPS) is 15.7. The van der Waals surface area contributed by atoms with E-state index in [0.29, 0.717) is 42.0 Å². The summed E-state index contributed by atoms with van der Waals surface area (Å²) < 4.78 is 0. The van der Waals surface area contributed by atoms with Crippen LogP contribution in [0.1, 0.15) is 52.9 Å². The number of aromatic nitrogens is 4. The summed E-state index contributed by atoms with van der Waals surface area (Å²) in [5.74, 6) is 0.452. The smallest absolute Gasteiger partial charge is 0.255 e. The number of hydrogen-bond acceptors (Lipinski definition) is 7.